The Morgan fingerprint density at radius 3 is 2.26 bits per heavy atom. The minimum absolute atomic E-state index is 0.107. The van der Waals surface area contributed by atoms with Crippen molar-refractivity contribution < 1.29 is 23.8 Å². The number of amides is 1. The average Bonchev–Trinajstić information content (AvgIpc) is 2.82. The maximum absolute atomic E-state index is 12.3. The van der Waals surface area contributed by atoms with Gasteiger partial charge >= 0.3 is 5.97 Å². The highest BCUT2D eigenvalue weighted by Gasteiger charge is 2.07. The number of para-hydroxylation sites is 1. The minimum atomic E-state index is -0.472. The average molecular weight is 417 g/mol. The van der Waals surface area contributed by atoms with Gasteiger partial charge in [0.05, 0.1) is 14.2 Å². The first kappa shape index (κ1) is 21.6. The first-order valence-electron chi connectivity index (χ1n) is 9.61. The van der Waals surface area contributed by atoms with E-state index in [2.05, 4.69) is 5.32 Å². The molecule has 6 nitrogen and oxygen atoms in total. The molecule has 0 aromatic heterocycles. The van der Waals surface area contributed by atoms with Crippen molar-refractivity contribution in [2.24, 2.45) is 0 Å². The van der Waals surface area contributed by atoms with Crippen molar-refractivity contribution in [2.75, 3.05) is 19.5 Å². The van der Waals surface area contributed by atoms with Crippen molar-refractivity contribution in [1.82, 2.24) is 0 Å². The first-order chi connectivity index (χ1) is 15.1. The van der Waals surface area contributed by atoms with E-state index in [9.17, 15) is 9.59 Å². The molecule has 0 saturated carbocycles. The third-order valence-corrected chi connectivity index (χ3v) is 4.45. The molecule has 0 atom stereocenters. The summed E-state index contributed by atoms with van der Waals surface area (Å²) in [7, 11) is 3.11. The van der Waals surface area contributed by atoms with Crippen molar-refractivity contribution in [2.45, 2.75) is 6.61 Å². The van der Waals surface area contributed by atoms with Gasteiger partial charge in [0.15, 0.2) is 11.5 Å². The van der Waals surface area contributed by atoms with Crippen LogP contribution in [0.25, 0.3) is 6.08 Å². The van der Waals surface area contributed by atoms with Crippen LogP contribution in [0.4, 0.5) is 5.69 Å². The lowest BCUT2D eigenvalue weighted by Crippen LogP contribution is -2.11. The van der Waals surface area contributed by atoms with Gasteiger partial charge in [0.25, 0.3) is 5.91 Å². The van der Waals surface area contributed by atoms with Crippen LogP contribution >= 0.6 is 0 Å². The Labute approximate surface area is 181 Å². The van der Waals surface area contributed by atoms with Crippen LogP contribution in [0.1, 0.15) is 21.5 Å². The quantitative estimate of drug-likeness (QED) is 0.424. The molecule has 158 valence electrons. The third-order valence-electron chi connectivity index (χ3n) is 4.45. The number of esters is 1. The molecule has 3 rings (SSSR count). The molecule has 0 bridgehead atoms. The number of nitrogens with one attached hydrogen (secondary N) is 1. The first-order valence-corrected chi connectivity index (χ1v) is 9.61. The Balaban J connectivity index is 1.52. The summed E-state index contributed by atoms with van der Waals surface area (Å²) in [6.45, 7) is 0.107. The van der Waals surface area contributed by atoms with Gasteiger partial charge in [-0.1, -0.05) is 36.4 Å². The molecule has 0 saturated heterocycles. The fraction of sp³-hybridized carbons (Fsp3) is 0.120. The van der Waals surface area contributed by atoms with E-state index < -0.39 is 5.97 Å². The number of carbonyl (C=O) groups excluding carboxylic acids is 2. The molecule has 0 aliphatic heterocycles. The van der Waals surface area contributed by atoms with E-state index in [1.165, 1.54) is 6.08 Å². The molecule has 1 N–H and O–H groups in total. The molecular formula is C25H23NO5. The summed E-state index contributed by atoms with van der Waals surface area (Å²) in [5.41, 5.74) is 2.81. The van der Waals surface area contributed by atoms with Crippen LogP contribution in [0.5, 0.6) is 11.5 Å². The molecule has 0 heterocycles. The standard InChI is InChI=1S/C25H23NO5/c1-29-22-14-10-18(16-23(22)30-2)11-15-24(27)31-17-19-8-12-20(13-9-19)25(28)26-21-6-4-3-5-7-21/h3-16H,17H2,1-2H3,(H,26,28). The van der Waals surface area contributed by atoms with Gasteiger partial charge in [-0.3, -0.25) is 4.79 Å². The molecule has 6 heteroatoms. The normalized spacial score (nSPS) is 10.5. The summed E-state index contributed by atoms with van der Waals surface area (Å²) in [5.74, 6) is 0.519. The predicted octanol–water partition coefficient (Wildman–Crippen LogP) is 4.71. The molecule has 0 spiro atoms. The van der Waals surface area contributed by atoms with E-state index in [4.69, 9.17) is 14.2 Å². The molecule has 31 heavy (non-hydrogen) atoms. The topological polar surface area (TPSA) is 73.9 Å². The maximum Gasteiger partial charge on any atom is 0.331 e. The highest BCUT2D eigenvalue weighted by molar-refractivity contribution is 6.04. The van der Waals surface area contributed by atoms with Crippen LogP contribution < -0.4 is 14.8 Å². The van der Waals surface area contributed by atoms with Gasteiger partial charge in [0.2, 0.25) is 0 Å². The zero-order valence-electron chi connectivity index (χ0n) is 17.3. The number of hydrogen-bond donors (Lipinski definition) is 1. The summed E-state index contributed by atoms with van der Waals surface area (Å²) in [5, 5.41) is 2.83. The highest BCUT2D eigenvalue weighted by Crippen LogP contribution is 2.28. The van der Waals surface area contributed by atoms with Gasteiger partial charge in [-0.25, -0.2) is 4.79 Å². The summed E-state index contributed by atoms with van der Waals surface area (Å²) in [6, 6.07) is 21.5. The van der Waals surface area contributed by atoms with Gasteiger partial charge < -0.3 is 19.5 Å². The van der Waals surface area contributed by atoms with Gasteiger partial charge in [0, 0.05) is 17.3 Å². The van der Waals surface area contributed by atoms with Crippen LogP contribution in [0.2, 0.25) is 0 Å². The lowest BCUT2D eigenvalue weighted by Gasteiger charge is -2.08. The zero-order chi connectivity index (χ0) is 22.1. The molecular weight excluding hydrogens is 394 g/mol. The Hall–Kier alpha value is -4.06. The second kappa shape index (κ2) is 10.6. The summed E-state index contributed by atoms with van der Waals surface area (Å²) in [4.78, 5) is 24.3. The van der Waals surface area contributed by atoms with Crippen LogP contribution in [-0.2, 0) is 16.1 Å². The number of ether oxygens (including phenoxy) is 3. The van der Waals surface area contributed by atoms with Crippen LogP contribution in [-0.4, -0.2) is 26.1 Å². The SMILES string of the molecule is COc1ccc(C=CC(=O)OCc2ccc(C(=O)Nc3ccccc3)cc2)cc1OC. The lowest BCUT2D eigenvalue weighted by atomic mass is 10.1. The number of carbonyl (C=O) groups is 2. The third kappa shape index (κ3) is 6.21. The molecule has 0 aliphatic carbocycles. The van der Waals surface area contributed by atoms with Crippen LogP contribution in [0.3, 0.4) is 0 Å². The smallest absolute Gasteiger partial charge is 0.331 e. The second-order valence-corrected chi connectivity index (χ2v) is 6.57. The van der Waals surface area contributed by atoms with Crippen LogP contribution in [0, 0.1) is 0 Å². The van der Waals surface area contributed by atoms with Gasteiger partial charge in [0.1, 0.15) is 6.61 Å². The largest absolute Gasteiger partial charge is 0.493 e. The van der Waals surface area contributed by atoms with Gasteiger partial charge in [-0.2, -0.15) is 0 Å². The summed E-state index contributed by atoms with van der Waals surface area (Å²) in [6.07, 6.45) is 2.99. The highest BCUT2D eigenvalue weighted by atomic mass is 16.5. The van der Waals surface area contributed by atoms with E-state index in [0.29, 0.717) is 17.1 Å². The molecule has 1 amide bonds. The summed E-state index contributed by atoms with van der Waals surface area (Å²) >= 11 is 0. The second-order valence-electron chi connectivity index (χ2n) is 6.57. The molecule has 0 radical (unpaired) electrons. The monoisotopic (exact) mass is 417 g/mol. The molecule has 0 aliphatic rings. The number of rotatable bonds is 8. The van der Waals surface area contributed by atoms with Crippen molar-refractivity contribution in [3.63, 3.8) is 0 Å². The number of benzene rings is 3. The van der Waals surface area contributed by atoms with Crippen molar-refractivity contribution >= 4 is 23.6 Å². The van der Waals surface area contributed by atoms with Gasteiger partial charge in [-0.05, 0) is 53.6 Å². The van der Waals surface area contributed by atoms with Crippen molar-refractivity contribution in [3.05, 3.63) is 95.6 Å². The Morgan fingerprint density at radius 1 is 0.871 bits per heavy atom. The molecule has 3 aromatic carbocycles. The zero-order valence-corrected chi connectivity index (χ0v) is 17.3. The minimum Gasteiger partial charge on any atom is -0.493 e. The number of hydrogen-bond acceptors (Lipinski definition) is 5. The van der Waals surface area contributed by atoms with Crippen molar-refractivity contribution in [1.29, 1.82) is 0 Å². The molecule has 0 unspecified atom stereocenters. The maximum atomic E-state index is 12.3. The Kier molecular flexibility index (Phi) is 7.43. The van der Waals surface area contributed by atoms with Crippen molar-refractivity contribution in [3.8, 4) is 11.5 Å². The predicted molar refractivity (Wildman–Crippen MR) is 119 cm³/mol. The lowest BCUT2D eigenvalue weighted by molar-refractivity contribution is -0.138. The van der Waals surface area contributed by atoms with E-state index in [1.54, 1.807) is 56.7 Å². The molecule has 3 aromatic rings. The van der Waals surface area contributed by atoms with E-state index >= 15 is 0 Å². The van der Waals surface area contributed by atoms with Crippen LogP contribution in [0.15, 0.2) is 78.9 Å². The fourth-order valence-corrected chi connectivity index (χ4v) is 2.80. The van der Waals surface area contributed by atoms with E-state index in [-0.39, 0.29) is 12.5 Å². The molecule has 0 fully saturated rings. The number of anilines is 1. The van der Waals surface area contributed by atoms with E-state index in [0.717, 1.165) is 16.8 Å². The Bertz CT molecular complexity index is 1060. The number of methoxy groups -OCH3 is 2. The Morgan fingerprint density at radius 2 is 1.58 bits per heavy atom. The van der Waals surface area contributed by atoms with E-state index in [1.807, 2.05) is 36.4 Å². The fourth-order valence-electron chi connectivity index (χ4n) is 2.80. The summed E-state index contributed by atoms with van der Waals surface area (Å²) < 4.78 is 15.7. The van der Waals surface area contributed by atoms with Gasteiger partial charge in [-0.15, -0.1) is 0 Å².